The van der Waals surface area contributed by atoms with Crippen molar-refractivity contribution in [2.45, 2.75) is 12.5 Å². The zero-order valence-corrected chi connectivity index (χ0v) is 3.27. The minimum absolute atomic E-state index is 0.463. The predicted octanol–water partition coefficient (Wildman–Crippen LogP) is 0.177. The zero-order chi connectivity index (χ0) is 3.98. The number of hydrogen-bond acceptors (Lipinski definition) is 2. The van der Waals surface area contributed by atoms with Gasteiger partial charge in [0.25, 0.3) is 0 Å². The van der Waals surface area contributed by atoms with E-state index in [-0.39, 0.29) is 0 Å². The van der Waals surface area contributed by atoms with Gasteiger partial charge in [0, 0.05) is 12.6 Å². The van der Waals surface area contributed by atoms with E-state index in [1.54, 1.807) is 0 Å². The Morgan fingerprint density at radius 1 is 2.00 bits per heavy atom. The number of hydroxylamine groups is 1. The molecule has 0 aromatic heterocycles. The Morgan fingerprint density at radius 2 is 3.00 bits per heavy atom. The molecule has 2 heteroatoms. The van der Waals surface area contributed by atoms with E-state index in [0.29, 0.717) is 6.10 Å². The van der Waals surface area contributed by atoms with Gasteiger partial charge in [-0.15, -0.1) is 0 Å². The van der Waals surface area contributed by atoms with E-state index in [4.69, 9.17) is 4.84 Å². The van der Waals surface area contributed by atoms with Crippen LogP contribution in [0.3, 0.4) is 0 Å². The van der Waals surface area contributed by atoms with Crippen molar-refractivity contribution in [1.29, 1.82) is 0 Å². The third-order valence-electron chi connectivity index (χ3n) is 1.13. The smallest absolute Gasteiger partial charge is 0.112 e. The summed E-state index contributed by atoms with van der Waals surface area (Å²) >= 11 is 0. The molecule has 2 rings (SSSR count). The van der Waals surface area contributed by atoms with E-state index in [9.17, 15) is 0 Å². The topological polar surface area (TPSA) is 21.3 Å². The van der Waals surface area contributed by atoms with Gasteiger partial charge in [0.2, 0.25) is 0 Å². The lowest BCUT2D eigenvalue weighted by Crippen LogP contribution is -2.01. The molecule has 2 aliphatic rings. The van der Waals surface area contributed by atoms with Crippen molar-refractivity contribution in [3.8, 4) is 0 Å². The van der Waals surface area contributed by atoms with E-state index in [2.05, 4.69) is 5.48 Å². The summed E-state index contributed by atoms with van der Waals surface area (Å²) < 4.78 is 0. The van der Waals surface area contributed by atoms with Crippen molar-refractivity contribution >= 4 is 0 Å². The molecule has 1 atom stereocenters. The number of hydrogen-bond donors (Lipinski definition) is 1. The second-order valence-electron chi connectivity index (χ2n) is 1.65. The fraction of sp³-hybridized carbons (Fsp3) is 0.500. The summed E-state index contributed by atoms with van der Waals surface area (Å²) in [5.74, 6) is 0. The highest BCUT2D eigenvalue weighted by molar-refractivity contribution is 5.27. The van der Waals surface area contributed by atoms with Crippen molar-refractivity contribution in [1.82, 2.24) is 5.48 Å². The molecule has 0 aromatic carbocycles. The molecule has 32 valence electrons. The minimum Gasteiger partial charge on any atom is -0.274 e. The highest BCUT2D eigenvalue weighted by Gasteiger charge is 2.34. The zero-order valence-electron chi connectivity index (χ0n) is 3.27. The lowest BCUT2D eigenvalue weighted by Gasteiger charge is -1.88. The number of rotatable bonds is 0. The van der Waals surface area contributed by atoms with Crippen LogP contribution in [-0.4, -0.2) is 6.10 Å². The standard InChI is InChI=1S/C4H5NO/c1-3-2-5-6-4(1)3/h2,4-5H,1H2. The molecule has 1 aliphatic carbocycles. The van der Waals surface area contributed by atoms with Crippen LogP contribution < -0.4 is 5.48 Å². The Kier molecular flexibility index (Phi) is 0.268. The van der Waals surface area contributed by atoms with Gasteiger partial charge in [-0.2, -0.15) is 0 Å². The molecule has 1 fully saturated rings. The van der Waals surface area contributed by atoms with E-state index in [1.807, 2.05) is 6.20 Å². The second kappa shape index (κ2) is 0.611. The normalized spacial score (nSPS) is 37.3. The van der Waals surface area contributed by atoms with Crippen molar-refractivity contribution < 1.29 is 4.84 Å². The monoisotopic (exact) mass is 83.0 g/mol. The third kappa shape index (κ3) is 0.165. The van der Waals surface area contributed by atoms with Gasteiger partial charge in [-0.05, 0) is 5.57 Å². The summed E-state index contributed by atoms with van der Waals surface area (Å²) in [5, 5.41) is 0. The van der Waals surface area contributed by atoms with Gasteiger partial charge >= 0.3 is 0 Å². The maximum atomic E-state index is 4.88. The fourth-order valence-corrected chi connectivity index (χ4v) is 0.616. The van der Waals surface area contributed by atoms with Gasteiger partial charge in [0.15, 0.2) is 0 Å². The summed E-state index contributed by atoms with van der Waals surface area (Å²) in [6.45, 7) is 0. The van der Waals surface area contributed by atoms with Gasteiger partial charge in [-0.25, -0.2) is 0 Å². The fourth-order valence-electron chi connectivity index (χ4n) is 0.616. The Morgan fingerprint density at radius 3 is 3.17 bits per heavy atom. The summed E-state index contributed by atoms with van der Waals surface area (Å²) in [6.07, 6.45) is 3.54. The van der Waals surface area contributed by atoms with Gasteiger partial charge in [0.1, 0.15) is 6.10 Å². The van der Waals surface area contributed by atoms with E-state index in [1.165, 1.54) is 5.57 Å². The van der Waals surface area contributed by atoms with Crippen molar-refractivity contribution in [2.24, 2.45) is 0 Å². The molecule has 0 radical (unpaired) electrons. The first kappa shape index (κ1) is 2.64. The highest BCUT2D eigenvalue weighted by atomic mass is 16.7. The van der Waals surface area contributed by atoms with Crippen LogP contribution in [0.15, 0.2) is 11.8 Å². The lowest BCUT2D eigenvalue weighted by molar-refractivity contribution is 0.0774. The van der Waals surface area contributed by atoms with Crippen LogP contribution in [0.25, 0.3) is 0 Å². The van der Waals surface area contributed by atoms with E-state index < -0.39 is 0 Å². The van der Waals surface area contributed by atoms with Crippen LogP contribution in [0.2, 0.25) is 0 Å². The molecule has 0 bridgehead atoms. The predicted molar refractivity (Wildman–Crippen MR) is 20.7 cm³/mol. The average molecular weight is 83.1 g/mol. The van der Waals surface area contributed by atoms with Crippen molar-refractivity contribution in [3.05, 3.63) is 11.8 Å². The lowest BCUT2D eigenvalue weighted by atomic mass is 10.7. The Hall–Kier alpha value is -0.500. The van der Waals surface area contributed by atoms with E-state index >= 15 is 0 Å². The highest BCUT2D eigenvalue weighted by Crippen LogP contribution is 2.34. The van der Waals surface area contributed by atoms with Gasteiger partial charge in [-0.3, -0.25) is 10.3 Å². The molecule has 1 saturated carbocycles. The van der Waals surface area contributed by atoms with Gasteiger partial charge < -0.3 is 0 Å². The quantitative estimate of drug-likeness (QED) is 0.451. The molecular formula is C4H5NO. The van der Waals surface area contributed by atoms with Crippen molar-refractivity contribution in [3.63, 3.8) is 0 Å². The maximum absolute atomic E-state index is 4.88. The summed E-state index contributed by atoms with van der Waals surface area (Å²) in [5.41, 5.74) is 4.07. The molecule has 1 heterocycles. The van der Waals surface area contributed by atoms with Gasteiger partial charge in [-0.1, -0.05) is 0 Å². The number of nitrogens with one attached hydrogen (secondary N) is 1. The number of fused-ring (bicyclic) bond motifs is 1. The maximum Gasteiger partial charge on any atom is 0.112 e. The molecule has 1 N–H and O–H groups in total. The molecule has 2 nitrogen and oxygen atoms in total. The van der Waals surface area contributed by atoms with Crippen LogP contribution in [0.5, 0.6) is 0 Å². The van der Waals surface area contributed by atoms with E-state index in [0.717, 1.165) is 6.42 Å². The SMILES string of the molecule is C1=C2CC2ON1. The molecule has 1 unspecified atom stereocenters. The summed E-state index contributed by atoms with van der Waals surface area (Å²) in [4.78, 5) is 4.88. The van der Waals surface area contributed by atoms with Gasteiger partial charge in [0.05, 0.1) is 0 Å². The Labute approximate surface area is 35.8 Å². The van der Waals surface area contributed by atoms with Crippen LogP contribution >= 0.6 is 0 Å². The summed E-state index contributed by atoms with van der Waals surface area (Å²) in [6, 6.07) is 0. The molecule has 0 amide bonds. The molecule has 0 spiro atoms. The van der Waals surface area contributed by atoms with Crippen LogP contribution in [0, 0.1) is 0 Å². The van der Waals surface area contributed by atoms with Crippen LogP contribution in [0.1, 0.15) is 6.42 Å². The average Bonchev–Trinajstić information content (AvgIpc) is 2.17. The first-order chi connectivity index (χ1) is 2.97. The van der Waals surface area contributed by atoms with Crippen LogP contribution in [-0.2, 0) is 4.84 Å². The molecule has 1 aliphatic heterocycles. The largest absolute Gasteiger partial charge is 0.274 e. The molecule has 0 aromatic rings. The van der Waals surface area contributed by atoms with Crippen molar-refractivity contribution in [2.75, 3.05) is 0 Å². The molecule has 0 saturated heterocycles. The second-order valence-corrected chi connectivity index (χ2v) is 1.65. The van der Waals surface area contributed by atoms with Crippen LogP contribution in [0.4, 0.5) is 0 Å². The third-order valence-corrected chi connectivity index (χ3v) is 1.13. The minimum atomic E-state index is 0.463. The Bertz CT molecular complexity index is 108. The first-order valence-electron chi connectivity index (χ1n) is 2.07. The first-order valence-corrected chi connectivity index (χ1v) is 2.07. The molecular weight excluding hydrogens is 78.0 g/mol. The Balaban J connectivity index is 2.35. The molecule has 6 heavy (non-hydrogen) atoms. The summed E-state index contributed by atoms with van der Waals surface area (Å²) in [7, 11) is 0.